The number of guanidine groups is 1. The van der Waals surface area contributed by atoms with Crippen molar-refractivity contribution < 1.29 is 4.42 Å². The van der Waals surface area contributed by atoms with Crippen molar-refractivity contribution >= 4 is 5.96 Å². The molecule has 0 saturated heterocycles. The van der Waals surface area contributed by atoms with Gasteiger partial charge in [0.05, 0.1) is 12.8 Å². The predicted octanol–water partition coefficient (Wildman–Crippen LogP) is 2.13. The van der Waals surface area contributed by atoms with Crippen molar-refractivity contribution in [3.8, 4) is 0 Å². The summed E-state index contributed by atoms with van der Waals surface area (Å²) in [4.78, 5) is 4.21. The van der Waals surface area contributed by atoms with Crippen LogP contribution < -0.4 is 10.6 Å². The first-order valence-electron chi connectivity index (χ1n) is 6.33. The van der Waals surface area contributed by atoms with Crippen LogP contribution in [0, 0.1) is 5.92 Å². The van der Waals surface area contributed by atoms with Crippen molar-refractivity contribution in [3.05, 3.63) is 24.2 Å². The van der Waals surface area contributed by atoms with Crippen LogP contribution in [0.5, 0.6) is 0 Å². The molecule has 1 saturated carbocycles. The van der Waals surface area contributed by atoms with E-state index in [0.29, 0.717) is 12.6 Å². The van der Waals surface area contributed by atoms with Crippen molar-refractivity contribution in [2.75, 3.05) is 7.05 Å². The van der Waals surface area contributed by atoms with Gasteiger partial charge in [-0.15, -0.1) is 0 Å². The zero-order valence-corrected chi connectivity index (χ0v) is 10.6. The first kappa shape index (κ1) is 12.0. The minimum absolute atomic E-state index is 0.609. The normalized spacial score (nSPS) is 23.5. The second-order valence-electron chi connectivity index (χ2n) is 4.54. The maximum atomic E-state index is 5.26. The van der Waals surface area contributed by atoms with Gasteiger partial charge in [0.1, 0.15) is 5.76 Å². The smallest absolute Gasteiger partial charge is 0.191 e. The van der Waals surface area contributed by atoms with E-state index < -0.39 is 0 Å². The molecule has 0 aliphatic heterocycles. The van der Waals surface area contributed by atoms with Gasteiger partial charge in [-0.3, -0.25) is 4.99 Å². The number of aliphatic imine (C=N–C) groups is 1. The second-order valence-corrected chi connectivity index (χ2v) is 4.54. The van der Waals surface area contributed by atoms with Crippen molar-refractivity contribution in [1.29, 1.82) is 0 Å². The van der Waals surface area contributed by atoms with Crippen LogP contribution in [0.2, 0.25) is 0 Å². The highest BCUT2D eigenvalue weighted by atomic mass is 16.3. The molecule has 4 heteroatoms. The SMILES string of the molecule is CCCC1CC1NC(=NC)NCc1ccco1. The van der Waals surface area contributed by atoms with Crippen molar-refractivity contribution in [2.45, 2.75) is 38.8 Å². The molecule has 0 spiro atoms. The van der Waals surface area contributed by atoms with Crippen LogP contribution in [0.1, 0.15) is 31.9 Å². The van der Waals surface area contributed by atoms with Gasteiger partial charge in [-0.2, -0.15) is 0 Å². The molecule has 1 fully saturated rings. The van der Waals surface area contributed by atoms with Gasteiger partial charge in [0.2, 0.25) is 0 Å². The van der Waals surface area contributed by atoms with Crippen LogP contribution in [0.4, 0.5) is 0 Å². The third kappa shape index (κ3) is 3.51. The number of hydrogen-bond donors (Lipinski definition) is 2. The van der Waals surface area contributed by atoms with Crippen LogP contribution >= 0.6 is 0 Å². The van der Waals surface area contributed by atoms with Gasteiger partial charge in [-0.1, -0.05) is 13.3 Å². The fourth-order valence-electron chi connectivity index (χ4n) is 2.07. The first-order chi connectivity index (χ1) is 8.33. The summed E-state index contributed by atoms with van der Waals surface area (Å²) in [6, 6.07) is 4.46. The summed E-state index contributed by atoms with van der Waals surface area (Å²) in [7, 11) is 1.80. The molecule has 1 heterocycles. The van der Waals surface area contributed by atoms with Crippen molar-refractivity contribution in [1.82, 2.24) is 10.6 Å². The summed E-state index contributed by atoms with van der Waals surface area (Å²) in [5.41, 5.74) is 0. The first-order valence-corrected chi connectivity index (χ1v) is 6.33. The van der Waals surface area contributed by atoms with E-state index in [0.717, 1.165) is 17.6 Å². The average Bonchev–Trinajstić information content (AvgIpc) is 2.86. The second kappa shape index (κ2) is 5.75. The Morgan fingerprint density at radius 2 is 2.47 bits per heavy atom. The predicted molar refractivity (Wildman–Crippen MR) is 68.8 cm³/mol. The molecule has 0 radical (unpaired) electrons. The summed E-state index contributed by atoms with van der Waals surface area (Å²) in [5.74, 6) is 2.63. The molecule has 1 aliphatic rings. The van der Waals surface area contributed by atoms with Crippen LogP contribution in [-0.4, -0.2) is 19.0 Å². The molecule has 0 aromatic carbocycles. The summed E-state index contributed by atoms with van der Waals surface area (Å²) < 4.78 is 5.26. The summed E-state index contributed by atoms with van der Waals surface area (Å²) in [6.07, 6.45) is 5.54. The number of furan rings is 1. The quantitative estimate of drug-likeness (QED) is 0.607. The topological polar surface area (TPSA) is 49.6 Å². The lowest BCUT2D eigenvalue weighted by molar-refractivity contribution is 0.501. The lowest BCUT2D eigenvalue weighted by Crippen LogP contribution is -2.38. The summed E-state index contributed by atoms with van der Waals surface area (Å²) in [5, 5.41) is 6.69. The Kier molecular flexibility index (Phi) is 4.07. The molecule has 4 nitrogen and oxygen atoms in total. The summed E-state index contributed by atoms with van der Waals surface area (Å²) in [6.45, 7) is 2.91. The Morgan fingerprint density at radius 3 is 3.12 bits per heavy atom. The van der Waals surface area contributed by atoms with Crippen LogP contribution in [0.25, 0.3) is 0 Å². The Bertz CT molecular complexity index is 359. The number of hydrogen-bond acceptors (Lipinski definition) is 2. The molecular formula is C13H21N3O. The maximum absolute atomic E-state index is 5.26. The summed E-state index contributed by atoms with van der Waals surface area (Å²) >= 11 is 0. The molecule has 0 bridgehead atoms. The van der Waals surface area contributed by atoms with Gasteiger partial charge in [-0.05, 0) is 30.9 Å². The van der Waals surface area contributed by atoms with E-state index in [-0.39, 0.29) is 0 Å². The molecule has 2 unspecified atom stereocenters. The van der Waals surface area contributed by atoms with Crippen molar-refractivity contribution in [2.24, 2.45) is 10.9 Å². The standard InChI is InChI=1S/C13H21N3O/c1-3-5-10-8-12(10)16-13(14-2)15-9-11-6-4-7-17-11/h4,6-7,10,12H,3,5,8-9H2,1-2H3,(H2,14,15,16). The fraction of sp³-hybridized carbons (Fsp3) is 0.615. The van der Waals surface area contributed by atoms with E-state index in [1.165, 1.54) is 19.3 Å². The molecule has 0 amide bonds. The molecule has 2 N–H and O–H groups in total. The molecular weight excluding hydrogens is 214 g/mol. The average molecular weight is 235 g/mol. The largest absolute Gasteiger partial charge is 0.467 e. The minimum Gasteiger partial charge on any atom is -0.467 e. The van der Waals surface area contributed by atoms with Gasteiger partial charge in [0.25, 0.3) is 0 Å². The molecule has 17 heavy (non-hydrogen) atoms. The lowest BCUT2D eigenvalue weighted by Gasteiger charge is -2.10. The van der Waals surface area contributed by atoms with Gasteiger partial charge in [0, 0.05) is 13.1 Å². The van der Waals surface area contributed by atoms with Crippen molar-refractivity contribution in [3.63, 3.8) is 0 Å². The molecule has 1 aliphatic carbocycles. The third-order valence-corrected chi connectivity index (χ3v) is 3.14. The molecule has 94 valence electrons. The van der Waals surface area contributed by atoms with E-state index in [9.17, 15) is 0 Å². The maximum Gasteiger partial charge on any atom is 0.191 e. The zero-order chi connectivity index (χ0) is 12.1. The molecule has 2 atom stereocenters. The van der Waals surface area contributed by atoms with Crippen LogP contribution in [-0.2, 0) is 6.54 Å². The number of nitrogens with one attached hydrogen (secondary N) is 2. The number of rotatable bonds is 5. The Labute approximate surface area is 102 Å². The minimum atomic E-state index is 0.609. The third-order valence-electron chi connectivity index (χ3n) is 3.14. The molecule has 1 aromatic rings. The number of nitrogens with zero attached hydrogens (tertiary/aromatic N) is 1. The van der Waals surface area contributed by atoms with E-state index in [2.05, 4.69) is 22.5 Å². The van der Waals surface area contributed by atoms with Gasteiger partial charge < -0.3 is 15.1 Å². The Hall–Kier alpha value is -1.45. The monoisotopic (exact) mass is 235 g/mol. The van der Waals surface area contributed by atoms with Gasteiger partial charge in [-0.25, -0.2) is 0 Å². The van der Waals surface area contributed by atoms with Crippen LogP contribution in [0.15, 0.2) is 27.8 Å². The van der Waals surface area contributed by atoms with E-state index in [4.69, 9.17) is 4.42 Å². The van der Waals surface area contributed by atoms with Crippen LogP contribution in [0.3, 0.4) is 0 Å². The zero-order valence-electron chi connectivity index (χ0n) is 10.6. The van der Waals surface area contributed by atoms with E-state index in [1.807, 2.05) is 12.1 Å². The highest BCUT2D eigenvalue weighted by Gasteiger charge is 2.36. The fourth-order valence-corrected chi connectivity index (χ4v) is 2.07. The van der Waals surface area contributed by atoms with E-state index >= 15 is 0 Å². The van der Waals surface area contributed by atoms with E-state index in [1.54, 1.807) is 13.3 Å². The van der Waals surface area contributed by atoms with Gasteiger partial charge >= 0.3 is 0 Å². The highest BCUT2D eigenvalue weighted by Crippen LogP contribution is 2.34. The lowest BCUT2D eigenvalue weighted by atomic mass is 10.2. The highest BCUT2D eigenvalue weighted by molar-refractivity contribution is 5.80. The Balaban J connectivity index is 1.71. The molecule has 2 rings (SSSR count). The van der Waals surface area contributed by atoms with Gasteiger partial charge in [0.15, 0.2) is 5.96 Å². The molecule has 1 aromatic heterocycles. The Morgan fingerprint density at radius 1 is 1.59 bits per heavy atom.